The van der Waals surface area contributed by atoms with Crippen LogP contribution in [0.1, 0.15) is 73.0 Å². The molecule has 0 radical (unpaired) electrons. The van der Waals surface area contributed by atoms with E-state index in [0.717, 1.165) is 73.3 Å². The molecule has 270 valence electrons. The van der Waals surface area contributed by atoms with Crippen LogP contribution in [0.4, 0.5) is 26.3 Å². The number of halogens is 6. The van der Waals surface area contributed by atoms with Gasteiger partial charge in [-0.1, -0.05) is 98.8 Å². The van der Waals surface area contributed by atoms with Gasteiger partial charge in [-0.3, -0.25) is 9.59 Å². The first-order chi connectivity index (χ1) is 23.9. The fourth-order valence-electron chi connectivity index (χ4n) is 7.61. The molecule has 1 N–H and O–H groups in total. The molecular formula is C41H42F6N2O2. The maximum atomic E-state index is 13.7. The zero-order valence-electron chi connectivity index (χ0n) is 27.4. The van der Waals surface area contributed by atoms with E-state index in [4.69, 9.17) is 0 Å². The van der Waals surface area contributed by atoms with Gasteiger partial charge in [0.1, 0.15) is 12.0 Å². The van der Waals surface area contributed by atoms with Crippen molar-refractivity contribution in [2.75, 3.05) is 26.2 Å². The molecule has 4 nitrogen and oxygen atoms in total. The summed E-state index contributed by atoms with van der Waals surface area (Å²) in [6, 6.07) is 26.7. The second-order valence-corrected chi connectivity index (χ2v) is 13.3. The van der Waals surface area contributed by atoms with Crippen molar-refractivity contribution in [3.05, 3.63) is 119 Å². The monoisotopic (exact) mass is 708 g/mol. The van der Waals surface area contributed by atoms with Gasteiger partial charge in [-0.05, 0) is 96.7 Å². The Bertz CT molecular complexity index is 1780. The Hall–Kier alpha value is -4.44. The van der Waals surface area contributed by atoms with Crippen molar-refractivity contribution in [3.8, 4) is 22.3 Å². The number of likely N-dealkylation sites (tertiary alicyclic amines) is 1. The van der Waals surface area contributed by atoms with Crippen LogP contribution in [0.25, 0.3) is 22.3 Å². The van der Waals surface area contributed by atoms with Gasteiger partial charge in [0.25, 0.3) is 0 Å². The predicted molar refractivity (Wildman–Crippen MR) is 187 cm³/mol. The van der Waals surface area contributed by atoms with Gasteiger partial charge in [0.05, 0.1) is 5.56 Å². The number of unbranched alkanes of at least 4 members (excludes halogenated alkanes) is 1. The van der Waals surface area contributed by atoms with E-state index in [9.17, 15) is 35.9 Å². The Morgan fingerprint density at radius 2 is 1.27 bits per heavy atom. The van der Waals surface area contributed by atoms with Crippen molar-refractivity contribution in [1.29, 1.82) is 0 Å². The summed E-state index contributed by atoms with van der Waals surface area (Å²) in [5.41, 5.74) is 2.89. The molecule has 0 spiro atoms. The summed E-state index contributed by atoms with van der Waals surface area (Å²) in [5.74, 6) is -0.505. The van der Waals surface area contributed by atoms with Crippen LogP contribution in [0.2, 0.25) is 0 Å². The van der Waals surface area contributed by atoms with E-state index in [1.165, 1.54) is 12.1 Å². The summed E-state index contributed by atoms with van der Waals surface area (Å²) >= 11 is 0. The van der Waals surface area contributed by atoms with E-state index in [0.29, 0.717) is 36.0 Å². The highest BCUT2D eigenvalue weighted by Gasteiger charge is 2.49. The fourth-order valence-corrected chi connectivity index (χ4v) is 7.61. The molecule has 4 aromatic rings. The minimum atomic E-state index is -4.53. The van der Waals surface area contributed by atoms with Crippen LogP contribution in [0.5, 0.6) is 0 Å². The van der Waals surface area contributed by atoms with Gasteiger partial charge in [0.2, 0.25) is 5.91 Å². The summed E-state index contributed by atoms with van der Waals surface area (Å²) in [6.45, 7) is 0.958. The van der Waals surface area contributed by atoms with Gasteiger partial charge in [0.15, 0.2) is 5.78 Å². The predicted octanol–water partition coefficient (Wildman–Crippen LogP) is 10.1. The number of alkyl halides is 6. The molecule has 0 atom stereocenters. The average Bonchev–Trinajstić information content (AvgIpc) is 3.39. The van der Waals surface area contributed by atoms with Crippen LogP contribution in [0.15, 0.2) is 97.1 Å². The highest BCUT2D eigenvalue weighted by molar-refractivity contribution is 6.02. The van der Waals surface area contributed by atoms with Gasteiger partial charge in [-0.15, -0.1) is 0 Å². The number of nitrogens with one attached hydrogen (secondary N) is 1. The van der Waals surface area contributed by atoms with Crippen molar-refractivity contribution < 1.29 is 35.9 Å². The first-order valence-electron chi connectivity index (χ1n) is 16.9. The standard InChI is InChI=1S/C40H38F6N2O2.CH4/c41-39(42,43)26-47-37(50)38(34-13-5-3-10-31(34)32-11-4-6-14-35(32)38)21-7-8-22-48-23-19-27(20-24-48)25-36(49)33-12-2-1-9-30(33)28-15-17-29(18-16-28)40(44,45)46;/h1-6,9-18,27H,7-8,19-26H2,(H,47,50);1H4. The minimum absolute atomic E-state index is 0. The summed E-state index contributed by atoms with van der Waals surface area (Å²) < 4.78 is 78.7. The lowest BCUT2D eigenvalue weighted by Gasteiger charge is -2.33. The van der Waals surface area contributed by atoms with Crippen LogP contribution in [-0.4, -0.2) is 48.9 Å². The Labute approximate surface area is 294 Å². The van der Waals surface area contributed by atoms with E-state index in [-0.39, 0.29) is 19.1 Å². The molecule has 0 saturated carbocycles. The van der Waals surface area contributed by atoms with Crippen LogP contribution in [0.3, 0.4) is 0 Å². The molecule has 1 aliphatic carbocycles. The number of piperidine rings is 1. The summed E-state index contributed by atoms with van der Waals surface area (Å²) in [5, 5.41) is 2.19. The zero-order chi connectivity index (χ0) is 35.5. The number of hydrogen-bond donors (Lipinski definition) is 1. The van der Waals surface area contributed by atoms with Gasteiger partial charge in [0, 0.05) is 12.0 Å². The lowest BCUT2D eigenvalue weighted by molar-refractivity contribution is -0.141. The third kappa shape index (κ3) is 8.22. The van der Waals surface area contributed by atoms with Gasteiger partial charge >= 0.3 is 12.4 Å². The first-order valence-corrected chi connectivity index (χ1v) is 16.9. The molecule has 1 amide bonds. The molecule has 4 aromatic carbocycles. The van der Waals surface area contributed by atoms with Gasteiger partial charge in [-0.2, -0.15) is 26.3 Å². The van der Waals surface area contributed by atoms with Crippen LogP contribution in [0, 0.1) is 5.92 Å². The Morgan fingerprint density at radius 1 is 0.725 bits per heavy atom. The molecule has 10 heteroatoms. The maximum absolute atomic E-state index is 13.7. The topological polar surface area (TPSA) is 49.4 Å². The number of nitrogens with zero attached hydrogens (tertiary/aromatic N) is 1. The van der Waals surface area contributed by atoms with Gasteiger partial charge in [-0.25, -0.2) is 0 Å². The van der Waals surface area contributed by atoms with Crippen molar-refractivity contribution in [3.63, 3.8) is 0 Å². The lowest BCUT2D eigenvalue weighted by Crippen LogP contribution is -2.47. The van der Waals surface area contributed by atoms with E-state index in [1.54, 1.807) is 24.3 Å². The SMILES string of the molecule is C.O=C(CC1CCN(CCCCC2(C(=O)NCC(F)(F)F)c3ccccc3-c3ccccc32)CC1)c1ccccc1-c1ccc(C(F)(F)F)cc1. The zero-order valence-corrected chi connectivity index (χ0v) is 27.4. The minimum Gasteiger partial charge on any atom is -0.346 e. The third-order valence-electron chi connectivity index (χ3n) is 10.1. The molecule has 0 aromatic heterocycles. The van der Waals surface area contributed by atoms with E-state index in [2.05, 4.69) is 10.2 Å². The average molecular weight is 709 g/mol. The maximum Gasteiger partial charge on any atom is 0.416 e. The quantitative estimate of drug-likeness (QED) is 0.0959. The molecule has 0 bridgehead atoms. The smallest absolute Gasteiger partial charge is 0.346 e. The van der Waals surface area contributed by atoms with Gasteiger partial charge < -0.3 is 10.2 Å². The summed E-state index contributed by atoms with van der Waals surface area (Å²) in [6.07, 6.45) is -5.23. The molecular weight excluding hydrogens is 666 g/mol. The van der Waals surface area contributed by atoms with Crippen LogP contribution >= 0.6 is 0 Å². The summed E-state index contributed by atoms with van der Waals surface area (Å²) in [7, 11) is 0. The molecule has 1 aliphatic heterocycles. The molecule has 1 heterocycles. The van der Waals surface area contributed by atoms with Crippen molar-refractivity contribution in [2.24, 2.45) is 5.92 Å². The number of carbonyl (C=O) groups is 2. The Morgan fingerprint density at radius 3 is 1.84 bits per heavy atom. The number of rotatable bonds is 11. The highest BCUT2D eigenvalue weighted by Crippen LogP contribution is 2.51. The van der Waals surface area contributed by atoms with Crippen molar-refractivity contribution in [1.82, 2.24) is 10.2 Å². The molecule has 6 rings (SSSR count). The Kier molecular flexibility index (Phi) is 11.4. The molecule has 51 heavy (non-hydrogen) atoms. The molecule has 0 unspecified atom stereocenters. The number of benzene rings is 4. The number of ketones is 1. The van der Waals surface area contributed by atoms with Crippen molar-refractivity contribution >= 4 is 11.7 Å². The molecule has 1 saturated heterocycles. The van der Waals surface area contributed by atoms with E-state index >= 15 is 0 Å². The second-order valence-electron chi connectivity index (χ2n) is 13.3. The van der Waals surface area contributed by atoms with Crippen molar-refractivity contribution in [2.45, 2.75) is 63.7 Å². The highest BCUT2D eigenvalue weighted by atomic mass is 19.4. The largest absolute Gasteiger partial charge is 0.416 e. The molecule has 1 fully saturated rings. The molecule has 2 aliphatic rings. The number of fused-ring (bicyclic) bond motifs is 3. The normalized spacial score (nSPS) is 15.8. The number of amides is 1. The second kappa shape index (κ2) is 15.4. The van der Waals surface area contributed by atoms with E-state index < -0.39 is 35.8 Å². The van der Waals surface area contributed by atoms with Crippen LogP contribution < -0.4 is 5.32 Å². The lowest BCUT2D eigenvalue weighted by atomic mass is 9.73. The number of hydrogen-bond acceptors (Lipinski definition) is 3. The number of carbonyl (C=O) groups excluding carboxylic acids is 2. The Balaban J connectivity index is 0.00000504. The number of Topliss-reactive ketones (excluding diaryl/α,β-unsaturated/α-hetero) is 1. The fraction of sp³-hybridized carbons (Fsp3) is 0.366. The van der Waals surface area contributed by atoms with E-state index in [1.807, 2.05) is 48.5 Å². The summed E-state index contributed by atoms with van der Waals surface area (Å²) in [4.78, 5) is 29.5. The first kappa shape index (κ1) is 37.8. The third-order valence-corrected chi connectivity index (χ3v) is 10.1. The van der Waals surface area contributed by atoms with Crippen LogP contribution in [-0.2, 0) is 16.4 Å².